The summed E-state index contributed by atoms with van der Waals surface area (Å²) < 4.78 is 0. The summed E-state index contributed by atoms with van der Waals surface area (Å²) in [5.74, 6) is 6.57. The van der Waals surface area contributed by atoms with Gasteiger partial charge in [0.1, 0.15) is 7.11 Å². The highest BCUT2D eigenvalue weighted by molar-refractivity contribution is 5.85. The van der Waals surface area contributed by atoms with Gasteiger partial charge in [0.2, 0.25) is 0 Å². The molecule has 0 amide bonds. The molecular weight excluding hydrogens is 366 g/mol. The van der Waals surface area contributed by atoms with Gasteiger partial charge in [-0.05, 0) is 110 Å². The Labute approximate surface area is 187 Å². The Balaban J connectivity index is 1.45. The number of rotatable bonds is 6. The molecule has 0 heterocycles. The van der Waals surface area contributed by atoms with Gasteiger partial charge in [0.25, 0.3) is 0 Å². The molecule has 0 saturated heterocycles. The van der Waals surface area contributed by atoms with Crippen LogP contribution >= 0.6 is 0 Å². The van der Waals surface area contributed by atoms with Crippen LogP contribution in [-0.2, 0) is 4.84 Å². The largest absolute Gasteiger partial charge is 0.399 e. The first kappa shape index (κ1) is 22.7. The van der Waals surface area contributed by atoms with E-state index < -0.39 is 0 Å². The minimum absolute atomic E-state index is 0.554. The Hall–Kier alpha value is -0.530. The Morgan fingerprint density at radius 3 is 2.43 bits per heavy atom. The van der Waals surface area contributed by atoms with Crippen LogP contribution in [0.4, 0.5) is 0 Å². The van der Waals surface area contributed by atoms with Gasteiger partial charge >= 0.3 is 0 Å². The average molecular weight is 416 g/mol. The van der Waals surface area contributed by atoms with Crippen molar-refractivity contribution >= 4 is 5.71 Å². The maximum Gasteiger partial charge on any atom is 0.106 e. The molecule has 2 heteroatoms. The standard InChI is InChI=1S/C28H49NO/c1-19(2)8-7-9-20(3)24-12-13-25-23-11-10-21-18-22(29-30-6)14-16-27(21,4)26(23)15-17-28(24,25)5/h19-21,23-26H,7-18H2,1-6H3/b29-22-/t20-,21?,23+,24-,25+,26+,27+,28-/m1/s1. The van der Waals surface area contributed by atoms with Gasteiger partial charge in [-0.25, -0.2) is 0 Å². The summed E-state index contributed by atoms with van der Waals surface area (Å²) in [4.78, 5) is 5.13. The summed E-state index contributed by atoms with van der Waals surface area (Å²) in [6, 6.07) is 0. The molecule has 0 aromatic heterocycles. The van der Waals surface area contributed by atoms with Gasteiger partial charge in [0, 0.05) is 0 Å². The molecule has 0 aromatic rings. The SMILES string of the molecule is CO/N=C1/CC[C@@]2(C)C(CC[C@H]3[C@@H]4CC[C@H]([C@H](C)CCCC(C)C)[C@@]4(C)CC[C@@H]32)C1. The van der Waals surface area contributed by atoms with Gasteiger partial charge in [0.05, 0.1) is 5.71 Å². The molecule has 2 nitrogen and oxygen atoms in total. The summed E-state index contributed by atoms with van der Waals surface area (Å²) in [5, 5.41) is 4.36. The number of nitrogens with zero attached hydrogens (tertiary/aromatic N) is 1. The van der Waals surface area contributed by atoms with Gasteiger partial charge in [-0.2, -0.15) is 0 Å². The molecule has 1 unspecified atom stereocenters. The van der Waals surface area contributed by atoms with E-state index >= 15 is 0 Å². The molecule has 0 radical (unpaired) electrons. The number of fused-ring (bicyclic) bond motifs is 5. The molecule has 8 atom stereocenters. The molecule has 4 saturated carbocycles. The van der Waals surface area contributed by atoms with Crippen molar-refractivity contribution in [1.82, 2.24) is 0 Å². The maximum absolute atomic E-state index is 5.13. The highest BCUT2D eigenvalue weighted by Crippen LogP contribution is 2.68. The predicted molar refractivity (Wildman–Crippen MR) is 128 cm³/mol. The van der Waals surface area contributed by atoms with E-state index in [1.807, 2.05) is 0 Å². The zero-order chi connectivity index (χ0) is 21.5. The van der Waals surface area contributed by atoms with Crippen molar-refractivity contribution in [3.05, 3.63) is 0 Å². The lowest BCUT2D eigenvalue weighted by Gasteiger charge is -2.60. The Bertz CT molecular complexity index is 626. The summed E-state index contributed by atoms with van der Waals surface area (Å²) >= 11 is 0. The van der Waals surface area contributed by atoms with E-state index in [9.17, 15) is 0 Å². The van der Waals surface area contributed by atoms with Crippen LogP contribution in [0.3, 0.4) is 0 Å². The first-order valence-corrected chi connectivity index (χ1v) is 13.4. The smallest absolute Gasteiger partial charge is 0.106 e. The summed E-state index contributed by atoms with van der Waals surface area (Å²) in [6.45, 7) is 12.8. The van der Waals surface area contributed by atoms with Crippen LogP contribution in [-0.4, -0.2) is 12.8 Å². The highest BCUT2D eigenvalue weighted by Gasteiger charge is 2.60. The summed E-state index contributed by atoms with van der Waals surface area (Å²) in [7, 11) is 1.71. The van der Waals surface area contributed by atoms with Crippen LogP contribution in [0.1, 0.15) is 112 Å². The van der Waals surface area contributed by atoms with Crippen molar-refractivity contribution in [2.75, 3.05) is 7.11 Å². The van der Waals surface area contributed by atoms with Crippen LogP contribution in [0.25, 0.3) is 0 Å². The van der Waals surface area contributed by atoms with E-state index in [0.717, 1.165) is 41.4 Å². The van der Waals surface area contributed by atoms with Crippen molar-refractivity contribution in [1.29, 1.82) is 0 Å². The Kier molecular flexibility index (Phi) is 6.63. The lowest BCUT2D eigenvalue weighted by Crippen LogP contribution is -2.53. The van der Waals surface area contributed by atoms with Crippen LogP contribution < -0.4 is 0 Å². The fourth-order valence-electron chi connectivity index (χ4n) is 9.30. The first-order chi connectivity index (χ1) is 14.3. The van der Waals surface area contributed by atoms with Crippen molar-refractivity contribution < 1.29 is 4.84 Å². The van der Waals surface area contributed by atoms with Gasteiger partial charge in [-0.1, -0.05) is 59.0 Å². The normalized spacial score (nSPS) is 45.7. The second kappa shape index (κ2) is 8.78. The molecule has 30 heavy (non-hydrogen) atoms. The Morgan fingerprint density at radius 2 is 1.70 bits per heavy atom. The predicted octanol–water partition coefficient (Wildman–Crippen LogP) is 8.11. The molecule has 172 valence electrons. The molecule has 0 spiro atoms. The van der Waals surface area contributed by atoms with Gasteiger partial charge in [-0.15, -0.1) is 0 Å². The van der Waals surface area contributed by atoms with E-state index in [2.05, 4.69) is 39.8 Å². The lowest BCUT2D eigenvalue weighted by atomic mass is 9.44. The van der Waals surface area contributed by atoms with E-state index in [0.29, 0.717) is 10.8 Å². The topological polar surface area (TPSA) is 21.6 Å². The highest BCUT2D eigenvalue weighted by atomic mass is 16.6. The molecule has 0 bridgehead atoms. The number of hydrogen-bond donors (Lipinski definition) is 0. The van der Waals surface area contributed by atoms with Crippen molar-refractivity contribution in [3.8, 4) is 0 Å². The van der Waals surface area contributed by atoms with E-state index in [1.165, 1.54) is 82.8 Å². The molecule has 4 rings (SSSR count). The van der Waals surface area contributed by atoms with Crippen LogP contribution in [0.2, 0.25) is 0 Å². The van der Waals surface area contributed by atoms with Gasteiger partial charge < -0.3 is 4.84 Å². The third kappa shape index (κ3) is 3.88. The van der Waals surface area contributed by atoms with Gasteiger partial charge in [-0.3, -0.25) is 0 Å². The minimum atomic E-state index is 0.554. The number of oxime groups is 1. The fraction of sp³-hybridized carbons (Fsp3) is 0.964. The van der Waals surface area contributed by atoms with E-state index in [-0.39, 0.29) is 0 Å². The molecule has 4 aliphatic carbocycles. The zero-order valence-corrected chi connectivity index (χ0v) is 20.9. The molecule has 4 aliphatic rings. The van der Waals surface area contributed by atoms with Crippen molar-refractivity contribution in [2.45, 2.75) is 112 Å². The van der Waals surface area contributed by atoms with Crippen molar-refractivity contribution in [2.24, 2.45) is 57.4 Å². The second-order valence-electron chi connectivity index (χ2n) is 12.7. The number of hydrogen-bond acceptors (Lipinski definition) is 2. The average Bonchev–Trinajstić information content (AvgIpc) is 3.05. The second-order valence-corrected chi connectivity index (χ2v) is 12.7. The zero-order valence-electron chi connectivity index (χ0n) is 20.9. The Morgan fingerprint density at radius 1 is 0.933 bits per heavy atom. The summed E-state index contributed by atoms with van der Waals surface area (Å²) in [6.07, 6.45) is 17.0. The molecule has 0 aromatic carbocycles. The molecule has 0 N–H and O–H groups in total. The molecule has 4 fully saturated rings. The maximum atomic E-state index is 5.13. The third-order valence-electron chi connectivity index (χ3n) is 10.9. The first-order valence-electron chi connectivity index (χ1n) is 13.4. The molecular formula is C28H49NO. The van der Waals surface area contributed by atoms with Crippen LogP contribution in [0.15, 0.2) is 5.16 Å². The lowest BCUT2D eigenvalue weighted by molar-refractivity contribution is -0.105. The fourth-order valence-corrected chi connectivity index (χ4v) is 9.30. The van der Waals surface area contributed by atoms with Gasteiger partial charge in [0.15, 0.2) is 0 Å². The molecule has 0 aliphatic heterocycles. The van der Waals surface area contributed by atoms with Crippen LogP contribution in [0.5, 0.6) is 0 Å². The van der Waals surface area contributed by atoms with E-state index in [1.54, 1.807) is 7.11 Å². The summed E-state index contributed by atoms with van der Waals surface area (Å²) in [5.41, 5.74) is 2.51. The van der Waals surface area contributed by atoms with E-state index in [4.69, 9.17) is 4.84 Å². The minimum Gasteiger partial charge on any atom is -0.399 e. The van der Waals surface area contributed by atoms with Crippen LogP contribution in [0, 0.1) is 52.3 Å². The third-order valence-corrected chi connectivity index (χ3v) is 10.9. The van der Waals surface area contributed by atoms with Crippen molar-refractivity contribution in [3.63, 3.8) is 0 Å². The monoisotopic (exact) mass is 415 g/mol. The quantitative estimate of drug-likeness (QED) is 0.401.